The lowest BCUT2D eigenvalue weighted by Crippen LogP contribution is -2.26. The van der Waals surface area contributed by atoms with Crippen LogP contribution in [0.25, 0.3) is 11.3 Å². The number of nitrogens with one attached hydrogen (secondary N) is 1. The lowest BCUT2D eigenvalue weighted by atomic mass is 10.1. The van der Waals surface area contributed by atoms with E-state index < -0.39 is 0 Å². The van der Waals surface area contributed by atoms with Crippen LogP contribution in [0.4, 0.5) is 0 Å². The molecule has 2 aromatic heterocycles. The standard InChI is InChI=1S/C20H21N5O2/c1-13-12-14(2)23-18(22-13)10-11-21-20(27)16-6-4-15(5-7-16)17-8-9-19(26)25(3)24-17/h4-9,12H,10-11H2,1-3H3,(H,21,27). The van der Waals surface area contributed by atoms with Crippen molar-refractivity contribution < 1.29 is 4.79 Å². The van der Waals surface area contributed by atoms with E-state index in [0.717, 1.165) is 22.8 Å². The molecule has 0 atom stereocenters. The van der Waals surface area contributed by atoms with Gasteiger partial charge in [-0.3, -0.25) is 9.59 Å². The zero-order valence-electron chi connectivity index (χ0n) is 15.6. The molecule has 0 bridgehead atoms. The van der Waals surface area contributed by atoms with Crippen molar-refractivity contribution in [2.24, 2.45) is 7.05 Å². The number of hydrogen-bond donors (Lipinski definition) is 1. The van der Waals surface area contributed by atoms with Crippen LogP contribution in [0.15, 0.2) is 47.3 Å². The molecule has 0 fully saturated rings. The Kier molecular flexibility index (Phi) is 5.40. The molecular formula is C20H21N5O2. The Morgan fingerprint density at radius 2 is 1.70 bits per heavy atom. The van der Waals surface area contributed by atoms with E-state index in [1.54, 1.807) is 25.2 Å². The molecule has 1 amide bonds. The summed E-state index contributed by atoms with van der Waals surface area (Å²) >= 11 is 0. The third-order valence-corrected chi connectivity index (χ3v) is 4.07. The molecule has 0 aliphatic heterocycles. The largest absolute Gasteiger partial charge is 0.352 e. The van der Waals surface area contributed by atoms with E-state index in [-0.39, 0.29) is 11.5 Å². The zero-order chi connectivity index (χ0) is 19.4. The minimum absolute atomic E-state index is 0.153. The molecule has 27 heavy (non-hydrogen) atoms. The summed E-state index contributed by atoms with van der Waals surface area (Å²) in [5.41, 5.74) is 3.76. The maximum absolute atomic E-state index is 12.3. The fourth-order valence-corrected chi connectivity index (χ4v) is 2.75. The fourth-order valence-electron chi connectivity index (χ4n) is 2.75. The lowest BCUT2D eigenvalue weighted by molar-refractivity contribution is 0.0954. The average Bonchev–Trinajstić information content (AvgIpc) is 2.63. The van der Waals surface area contributed by atoms with Gasteiger partial charge in [0.2, 0.25) is 0 Å². The third-order valence-electron chi connectivity index (χ3n) is 4.07. The number of aromatic nitrogens is 4. The van der Waals surface area contributed by atoms with Gasteiger partial charge in [0.15, 0.2) is 0 Å². The van der Waals surface area contributed by atoms with Gasteiger partial charge in [0.25, 0.3) is 11.5 Å². The first-order chi connectivity index (χ1) is 12.9. The van der Waals surface area contributed by atoms with Gasteiger partial charge in [-0.05, 0) is 38.1 Å². The van der Waals surface area contributed by atoms with Crippen LogP contribution in [0.5, 0.6) is 0 Å². The number of nitrogens with zero attached hydrogens (tertiary/aromatic N) is 4. The molecule has 1 aromatic carbocycles. The topological polar surface area (TPSA) is 89.8 Å². The van der Waals surface area contributed by atoms with Gasteiger partial charge >= 0.3 is 0 Å². The highest BCUT2D eigenvalue weighted by Gasteiger charge is 2.08. The van der Waals surface area contributed by atoms with E-state index in [1.807, 2.05) is 32.0 Å². The van der Waals surface area contributed by atoms with Crippen LogP contribution >= 0.6 is 0 Å². The van der Waals surface area contributed by atoms with Gasteiger partial charge in [-0.15, -0.1) is 0 Å². The normalized spacial score (nSPS) is 10.6. The van der Waals surface area contributed by atoms with Crippen LogP contribution in [-0.4, -0.2) is 32.2 Å². The Hall–Kier alpha value is -3.35. The van der Waals surface area contributed by atoms with Gasteiger partial charge in [-0.25, -0.2) is 14.6 Å². The summed E-state index contributed by atoms with van der Waals surface area (Å²) in [5.74, 6) is 0.572. The predicted molar refractivity (Wildman–Crippen MR) is 102 cm³/mol. The van der Waals surface area contributed by atoms with Gasteiger partial charge in [-0.2, -0.15) is 5.10 Å². The highest BCUT2D eigenvalue weighted by atomic mass is 16.1. The third kappa shape index (κ3) is 4.63. The van der Waals surface area contributed by atoms with Crippen LogP contribution in [0.3, 0.4) is 0 Å². The van der Waals surface area contributed by atoms with E-state index in [2.05, 4.69) is 20.4 Å². The molecule has 0 saturated carbocycles. The van der Waals surface area contributed by atoms with Gasteiger partial charge in [0.05, 0.1) is 5.69 Å². The number of benzene rings is 1. The Balaban J connectivity index is 1.61. The van der Waals surface area contributed by atoms with Crippen LogP contribution in [0, 0.1) is 13.8 Å². The highest BCUT2D eigenvalue weighted by molar-refractivity contribution is 5.94. The summed E-state index contributed by atoms with van der Waals surface area (Å²) in [5, 5.41) is 7.09. The van der Waals surface area contributed by atoms with E-state index in [4.69, 9.17) is 0 Å². The first kappa shape index (κ1) is 18.4. The van der Waals surface area contributed by atoms with Crippen LogP contribution < -0.4 is 10.9 Å². The van der Waals surface area contributed by atoms with E-state index >= 15 is 0 Å². The second kappa shape index (κ2) is 7.90. The van der Waals surface area contributed by atoms with Crippen molar-refractivity contribution in [1.82, 2.24) is 25.1 Å². The molecule has 0 aliphatic rings. The van der Waals surface area contributed by atoms with Crippen molar-refractivity contribution in [1.29, 1.82) is 0 Å². The molecule has 2 heterocycles. The molecular weight excluding hydrogens is 342 g/mol. The highest BCUT2D eigenvalue weighted by Crippen LogP contribution is 2.16. The molecule has 7 nitrogen and oxygen atoms in total. The molecule has 0 aliphatic carbocycles. The van der Waals surface area contributed by atoms with Gasteiger partial charge < -0.3 is 5.32 Å². The second-order valence-electron chi connectivity index (χ2n) is 6.33. The Labute approximate surface area is 157 Å². The first-order valence-electron chi connectivity index (χ1n) is 8.66. The summed E-state index contributed by atoms with van der Waals surface area (Å²) in [7, 11) is 1.60. The Bertz CT molecular complexity index is 1010. The number of carbonyl (C=O) groups is 1. The minimum Gasteiger partial charge on any atom is -0.352 e. The zero-order valence-corrected chi connectivity index (χ0v) is 15.6. The minimum atomic E-state index is -0.164. The van der Waals surface area contributed by atoms with Crippen molar-refractivity contribution in [3.05, 3.63) is 75.6 Å². The van der Waals surface area contributed by atoms with E-state index in [1.165, 1.54) is 10.7 Å². The Morgan fingerprint density at radius 3 is 2.33 bits per heavy atom. The number of aryl methyl sites for hydroxylation is 3. The fraction of sp³-hybridized carbons (Fsp3) is 0.250. The number of amides is 1. The Morgan fingerprint density at radius 1 is 1.04 bits per heavy atom. The predicted octanol–water partition coefficient (Wildman–Crippen LogP) is 1.83. The first-order valence-corrected chi connectivity index (χ1v) is 8.66. The van der Waals surface area contributed by atoms with Crippen molar-refractivity contribution in [2.45, 2.75) is 20.3 Å². The monoisotopic (exact) mass is 363 g/mol. The summed E-state index contributed by atoms with van der Waals surface area (Å²) in [6.45, 7) is 4.32. The van der Waals surface area contributed by atoms with Gasteiger partial charge in [0.1, 0.15) is 5.82 Å². The van der Waals surface area contributed by atoms with Gasteiger partial charge in [0, 0.05) is 48.6 Å². The van der Waals surface area contributed by atoms with Gasteiger partial charge in [-0.1, -0.05) is 12.1 Å². The molecule has 0 spiro atoms. The van der Waals surface area contributed by atoms with Crippen LogP contribution in [0.1, 0.15) is 27.6 Å². The number of hydrogen-bond acceptors (Lipinski definition) is 5. The quantitative estimate of drug-likeness (QED) is 0.747. The maximum Gasteiger partial charge on any atom is 0.266 e. The van der Waals surface area contributed by atoms with Crippen LogP contribution in [0.2, 0.25) is 0 Å². The van der Waals surface area contributed by atoms with E-state index in [9.17, 15) is 9.59 Å². The molecule has 3 aromatic rings. The summed E-state index contributed by atoms with van der Waals surface area (Å²) in [6, 6.07) is 12.2. The molecule has 0 saturated heterocycles. The van der Waals surface area contributed by atoms with Crippen molar-refractivity contribution >= 4 is 5.91 Å². The number of rotatable bonds is 5. The number of carbonyl (C=O) groups excluding carboxylic acids is 1. The SMILES string of the molecule is Cc1cc(C)nc(CCNC(=O)c2ccc(-c3ccc(=O)n(C)n3)cc2)n1. The summed E-state index contributed by atoms with van der Waals surface area (Å²) < 4.78 is 1.28. The second-order valence-corrected chi connectivity index (χ2v) is 6.33. The maximum atomic E-state index is 12.3. The summed E-state index contributed by atoms with van der Waals surface area (Å²) in [6.07, 6.45) is 0.578. The van der Waals surface area contributed by atoms with Crippen LogP contribution in [-0.2, 0) is 13.5 Å². The molecule has 0 radical (unpaired) electrons. The molecule has 3 rings (SSSR count). The molecule has 7 heteroatoms. The van der Waals surface area contributed by atoms with Crippen molar-refractivity contribution in [2.75, 3.05) is 6.54 Å². The molecule has 1 N–H and O–H groups in total. The van der Waals surface area contributed by atoms with E-state index in [0.29, 0.717) is 24.2 Å². The summed E-state index contributed by atoms with van der Waals surface area (Å²) in [4.78, 5) is 32.5. The average molecular weight is 363 g/mol. The molecule has 138 valence electrons. The van der Waals surface area contributed by atoms with Crippen molar-refractivity contribution in [3.8, 4) is 11.3 Å². The smallest absolute Gasteiger partial charge is 0.266 e. The lowest BCUT2D eigenvalue weighted by Gasteiger charge is -2.07. The van der Waals surface area contributed by atoms with Crippen molar-refractivity contribution in [3.63, 3.8) is 0 Å². The molecule has 0 unspecified atom stereocenters.